The van der Waals surface area contributed by atoms with E-state index in [2.05, 4.69) is 5.32 Å². The van der Waals surface area contributed by atoms with Crippen molar-refractivity contribution in [2.75, 3.05) is 25.3 Å². The molecule has 2 aromatic heterocycles. The average Bonchev–Trinajstić information content (AvgIpc) is 3.29. The summed E-state index contributed by atoms with van der Waals surface area (Å²) in [4.78, 5) is 30.8. The quantitative estimate of drug-likeness (QED) is 0.301. The van der Waals surface area contributed by atoms with Gasteiger partial charge >= 0.3 is 0 Å². The van der Waals surface area contributed by atoms with Gasteiger partial charge in [-0.15, -0.1) is 11.3 Å². The van der Waals surface area contributed by atoms with E-state index in [1.807, 2.05) is 43.5 Å². The number of anilines is 1. The Morgan fingerprint density at radius 3 is 2.73 bits per heavy atom. The fraction of sp³-hybridized carbons (Fsp3) is 0.208. The molecule has 0 aliphatic heterocycles. The zero-order chi connectivity index (χ0) is 23.5. The molecule has 0 unspecified atom stereocenters. The first-order valence-electron chi connectivity index (χ1n) is 10.1. The lowest BCUT2D eigenvalue weighted by atomic mass is 10.1. The van der Waals surface area contributed by atoms with Gasteiger partial charge in [-0.3, -0.25) is 14.2 Å². The Labute approximate surface area is 199 Å². The Morgan fingerprint density at radius 1 is 1.15 bits per heavy atom. The number of amides is 1. The average molecular weight is 482 g/mol. The number of benzene rings is 2. The van der Waals surface area contributed by atoms with Gasteiger partial charge in [-0.25, -0.2) is 4.98 Å². The maximum absolute atomic E-state index is 13.3. The number of thioether (sulfide) groups is 1. The van der Waals surface area contributed by atoms with Crippen LogP contribution >= 0.6 is 23.1 Å². The minimum absolute atomic E-state index is 0.0716. The highest BCUT2D eigenvalue weighted by Gasteiger charge is 2.18. The lowest BCUT2D eigenvalue weighted by Crippen LogP contribution is -2.23. The molecule has 0 radical (unpaired) electrons. The van der Waals surface area contributed by atoms with E-state index in [9.17, 15) is 9.59 Å². The summed E-state index contributed by atoms with van der Waals surface area (Å²) in [6, 6.07) is 12.8. The zero-order valence-corrected chi connectivity index (χ0v) is 20.3. The molecule has 0 aliphatic carbocycles. The van der Waals surface area contributed by atoms with Crippen LogP contribution in [0.4, 0.5) is 5.69 Å². The molecule has 33 heavy (non-hydrogen) atoms. The molecule has 170 valence electrons. The van der Waals surface area contributed by atoms with Crippen molar-refractivity contribution in [1.82, 2.24) is 9.55 Å². The van der Waals surface area contributed by atoms with E-state index in [1.165, 1.54) is 30.2 Å². The number of nitrogens with one attached hydrogen (secondary N) is 1. The second-order valence-corrected chi connectivity index (χ2v) is 9.15. The number of aromatic nitrogens is 2. The number of carbonyl (C=O) groups excluding carboxylic acids is 1. The van der Waals surface area contributed by atoms with Crippen molar-refractivity contribution < 1.29 is 14.3 Å². The van der Waals surface area contributed by atoms with E-state index >= 15 is 0 Å². The lowest BCUT2D eigenvalue weighted by Gasteiger charge is -2.15. The van der Waals surface area contributed by atoms with Gasteiger partial charge in [0.15, 0.2) is 5.16 Å². The summed E-state index contributed by atoms with van der Waals surface area (Å²) in [6.07, 6.45) is 0. The van der Waals surface area contributed by atoms with Crippen LogP contribution in [0.2, 0.25) is 0 Å². The van der Waals surface area contributed by atoms with Crippen LogP contribution < -0.4 is 20.3 Å². The van der Waals surface area contributed by atoms with Crippen LogP contribution in [0.3, 0.4) is 0 Å². The maximum Gasteiger partial charge on any atom is 0.276 e. The number of methoxy groups -OCH3 is 2. The summed E-state index contributed by atoms with van der Waals surface area (Å²) in [7, 11) is 3.10. The minimum Gasteiger partial charge on any atom is -0.497 e. The van der Waals surface area contributed by atoms with E-state index in [-0.39, 0.29) is 17.2 Å². The number of hydrogen-bond acceptors (Lipinski definition) is 7. The lowest BCUT2D eigenvalue weighted by molar-refractivity contribution is -0.113. The largest absolute Gasteiger partial charge is 0.497 e. The van der Waals surface area contributed by atoms with Gasteiger partial charge in [-0.1, -0.05) is 23.9 Å². The number of fused-ring (bicyclic) bond motifs is 1. The van der Waals surface area contributed by atoms with Crippen LogP contribution in [0.1, 0.15) is 11.1 Å². The predicted molar refractivity (Wildman–Crippen MR) is 134 cm³/mol. The van der Waals surface area contributed by atoms with E-state index in [0.29, 0.717) is 32.6 Å². The molecule has 0 atom stereocenters. The molecule has 7 nitrogen and oxygen atoms in total. The van der Waals surface area contributed by atoms with E-state index in [0.717, 1.165) is 16.8 Å². The highest BCUT2D eigenvalue weighted by Crippen LogP contribution is 2.30. The van der Waals surface area contributed by atoms with Gasteiger partial charge in [0.05, 0.1) is 36.9 Å². The molecule has 0 saturated heterocycles. The number of nitrogens with zero attached hydrogens (tertiary/aromatic N) is 2. The third-order valence-electron chi connectivity index (χ3n) is 5.28. The first-order valence-corrected chi connectivity index (χ1v) is 12.0. The van der Waals surface area contributed by atoms with Crippen molar-refractivity contribution in [1.29, 1.82) is 0 Å². The Morgan fingerprint density at radius 2 is 1.97 bits per heavy atom. The summed E-state index contributed by atoms with van der Waals surface area (Å²) < 4.78 is 12.7. The minimum atomic E-state index is -0.240. The predicted octanol–water partition coefficient (Wildman–Crippen LogP) is 4.81. The molecule has 1 amide bonds. The molecule has 2 heterocycles. The van der Waals surface area contributed by atoms with Gasteiger partial charge < -0.3 is 14.8 Å². The first kappa shape index (κ1) is 22.9. The van der Waals surface area contributed by atoms with Crippen LogP contribution in [0, 0.1) is 13.8 Å². The fourth-order valence-corrected chi connectivity index (χ4v) is 4.96. The van der Waals surface area contributed by atoms with Crippen LogP contribution in [-0.4, -0.2) is 35.4 Å². The number of thiophene rings is 1. The molecule has 1 N–H and O–H groups in total. The number of ether oxygens (including phenoxy) is 2. The van der Waals surface area contributed by atoms with Crippen molar-refractivity contribution in [2.24, 2.45) is 0 Å². The molecule has 4 rings (SSSR count). The Kier molecular flexibility index (Phi) is 6.71. The summed E-state index contributed by atoms with van der Waals surface area (Å²) in [5.41, 5.74) is 3.87. The standard InChI is InChI=1S/C24H23N3O4S2/c1-14-6-5-7-19(15(14)2)27-23(29)22-18(10-11-32-22)26-24(27)33-13-21(28)25-17-9-8-16(30-3)12-20(17)31-4/h5-12H,13H2,1-4H3,(H,25,28). The molecule has 0 fully saturated rings. The van der Waals surface area contributed by atoms with Gasteiger partial charge in [-0.05, 0) is 54.6 Å². The van der Waals surface area contributed by atoms with Crippen LogP contribution in [0.15, 0.2) is 57.8 Å². The van der Waals surface area contributed by atoms with Crippen molar-refractivity contribution in [3.05, 3.63) is 69.3 Å². The molecular formula is C24H23N3O4S2. The Hall–Kier alpha value is -3.30. The molecule has 0 saturated carbocycles. The smallest absolute Gasteiger partial charge is 0.276 e. The molecule has 4 aromatic rings. The van der Waals surface area contributed by atoms with Crippen molar-refractivity contribution in [3.8, 4) is 17.2 Å². The second kappa shape index (κ2) is 9.68. The van der Waals surface area contributed by atoms with Gasteiger partial charge in [-0.2, -0.15) is 0 Å². The SMILES string of the molecule is COc1ccc(NC(=O)CSc2nc3ccsc3c(=O)n2-c2cccc(C)c2C)c(OC)c1. The van der Waals surface area contributed by atoms with Crippen molar-refractivity contribution in [3.63, 3.8) is 0 Å². The summed E-state index contributed by atoms with van der Waals surface area (Å²) in [6.45, 7) is 3.98. The first-order chi connectivity index (χ1) is 15.9. The van der Waals surface area contributed by atoms with Gasteiger partial charge in [0.1, 0.15) is 16.2 Å². The monoisotopic (exact) mass is 481 g/mol. The number of carbonyl (C=O) groups is 1. The van der Waals surface area contributed by atoms with E-state index in [4.69, 9.17) is 14.5 Å². The third-order valence-corrected chi connectivity index (χ3v) is 7.11. The Balaban J connectivity index is 1.65. The van der Waals surface area contributed by atoms with Crippen molar-refractivity contribution in [2.45, 2.75) is 19.0 Å². The van der Waals surface area contributed by atoms with Gasteiger partial charge in [0.2, 0.25) is 5.91 Å². The second-order valence-electron chi connectivity index (χ2n) is 7.29. The summed E-state index contributed by atoms with van der Waals surface area (Å²) in [5, 5.41) is 5.18. The van der Waals surface area contributed by atoms with E-state index in [1.54, 1.807) is 29.9 Å². The molecule has 2 aromatic carbocycles. The fourth-order valence-electron chi connectivity index (χ4n) is 3.40. The normalized spacial score (nSPS) is 10.9. The molecular weight excluding hydrogens is 458 g/mol. The van der Waals surface area contributed by atoms with Gasteiger partial charge in [0.25, 0.3) is 5.56 Å². The van der Waals surface area contributed by atoms with Crippen molar-refractivity contribution >= 4 is 44.9 Å². The highest BCUT2D eigenvalue weighted by molar-refractivity contribution is 7.99. The van der Waals surface area contributed by atoms with Crippen LogP contribution in [0.5, 0.6) is 11.5 Å². The topological polar surface area (TPSA) is 82.5 Å². The third kappa shape index (κ3) is 4.60. The number of hydrogen-bond donors (Lipinski definition) is 1. The van der Waals surface area contributed by atoms with Crippen LogP contribution in [0.25, 0.3) is 15.9 Å². The number of rotatable bonds is 7. The summed E-state index contributed by atoms with van der Waals surface area (Å²) in [5.74, 6) is 0.959. The van der Waals surface area contributed by atoms with Crippen LogP contribution in [-0.2, 0) is 4.79 Å². The molecule has 9 heteroatoms. The van der Waals surface area contributed by atoms with Gasteiger partial charge in [0, 0.05) is 6.07 Å². The Bertz CT molecular complexity index is 1390. The molecule has 0 aliphatic rings. The molecule has 0 spiro atoms. The maximum atomic E-state index is 13.3. The van der Waals surface area contributed by atoms with E-state index < -0.39 is 0 Å². The zero-order valence-electron chi connectivity index (χ0n) is 18.7. The number of aryl methyl sites for hydroxylation is 1. The highest BCUT2D eigenvalue weighted by atomic mass is 32.2. The molecule has 0 bridgehead atoms. The summed E-state index contributed by atoms with van der Waals surface area (Å²) >= 11 is 2.58.